The molecule has 1 atom stereocenters. The van der Waals surface area contributed by atoms with Crippen LogP contribution in [0, 0.1) is 3.57 Å². The number of ether oxygens (including phenoxy) is 1. The molecule has 3 aromatic rings. The third-order valence-electron chi connectivity index (χ3n) is 7.94. The fourth-order valence-electron chi connectivity index (χ4n) is 5.99. The topological polar surface area (TPSA) is 68.8 Å². The number of carbonyl (C=O) groups is 1. The van der Waals surface area contributed by atoms with Crippen LogP contribution in [0.25, 0.3) is 10.9 Å². The van der Waals surface area contributed by atoms with E-state index in [0.29, 0.717) is 11.6 Å². The fraction of sp³-hybridized carbons (Fsp3) is 0.483. The molecule has 1 aromatic heterocycles. The van der Waals surface area contributed by atoms with E-state index in [1.165, 1.54) is 29.7 Å². The smallest absolute Gasteiger partial charge is 0.338 e. The van der Waals surface area contributed by atoms with Crippen molar-refractivity contribution >= 4 is 45.2 Å². The molecule has 2 aliphatic rings. The third kappa shape index (κ3) is 5.29. The van der Waals surface area contributed by atoms with E-state index in [9.17, 15) is 9.90 Å². The second-order valence-corrected chi connectivity index (χ2v) is 11.4. The molecule has 1 unspecified atom stereocenters. The van der Waals surface area contributed by atoms with Crippen LogP contribution in [-0.2, 0) is 17.6 Å². The van der Waals surface area contributed by atoms with Gasteiger partial charge in [0.05, 0.1) is 18.8 Å². The van der Waals surface area contributed by atoms with Crippen LogP contribution in [0.4, 0.5) is 5.69 Å². The Balaban J connectivity index is 1.34. The number of morpholine rings is 1. The number of benzene rings is 2. The number of aromatic carboxylic acids is 1. The van der Waals surface area contributed by atoms with Gasteiger partial charge < -0.3 is 19.7 Å². The normalized spacial score (nSPS) is 18.6. The molecule has 36 heavy (non-hydrogen) atoms. The molecule has 2 N–H and O–H groups in total. The first-order valence-corrected chi connectivity index (χ1v) is 14.3. The van der Waals surface area contributed by atoms with E-state index in [1.54, 1.807) is 0 Å². The highest BCUT2D eigenvalue weighted by Gasteiger charge is 2.27. The van der Waals surface area contributed by atoms with Crippen LogP contribution in [0.3, 0.4) is 0 Å². The summed E-state index contributed by atoms with van der Waals surface area (Å²) in [4.78, 5) is 20.8. The van der Waals surface area contributed by atoms with Gasteiger partial charge in [-0.15, -0.1) is 0 Å². The van der Waals surface area contributed by atoms with Crippen LogP contribution in [0.15, 0.2) is 36.4 Å². The number of aryl methyl sites for hydroxylation is 1. The number of rotatable bonds is 7. The monoisotopic (exact) mass is 601 g/mol. The van der Waals surface area contributed by atoms with E-state index in [4.69, 9.17) is 4.74 Å². The summed E-state index contributed by atoms with van der Waals surface area (Å²) < 4.78 is 6.64. The van der Waals surface area contributed by atoms with Gasteiger partial charge >= 0.3 is 5.97 Å². The number of piperidine rings is 1. The molecule has 3 heterocycles. The summed E-state index contributed by atoms with van der Waals surface area (Å²) in [6.45, 7) is 10.4. The molecule has 0 spiro atoms. The Morgan fingerprint density at radius 3 is 2.58 bits per heavy atom. The second kappa shape index (κ2) is 11.1. The number of aromatic amines is 1. The Kier molecular flexibility index (Phi) is 7.88. The van der Waals surface area contributed by atoms with Crippen LogP contribution in [-0.4, -0.2) is 66.4 Å². The van der Waals surface area contributed by atoms with E-state index in [2.05, 4.69) is 69.4 Å². The fourth-order valence-corrected chi connectivity index (χ4v) is 6.48. The molecule has 2 fully saturated rings. The highest BCUT2D eigenvalue weighted by Crippen LogP contribution is 2.33. The molecule has 7 heteroatoms. The average molecular weight is 602 g/mol. The first-order chi connectivity index (χ1) is 17.4. The van der Waals surface area contributed by atoms with Crippen LogP contribution in [0.1, 0.15) is 59.8 Å². The summed E-state index contributed by atoms with van der Waals surface area (Å²) >= 11 is 2.27. The minimum atomic E-state index is -0.866. The van der Waals surface area contributed by atoms with Crippen molar-refractivity contribution in [2.24, 2.45) is 0 Å². The van der Waals surface area contributed by atoms with Crippen molar-refractivity contribution in [3.63, 3.8) is 0 Å². The molecular weight excluding hydrogens is 565 g/mol. The number of H-pyrrole nitrogens is 1. The van der Waals surface area contributed by atoms with Gasteiger partial charge in [0.1, 0.15) is 0 Å². The van der Waals surface area contributed by atoms with Crippen molar-refractivity contribution in [3.8, 4) is 0 Å². The number of halogens is 1. The van der Waals surface area contributed by atoms with Gasteiger partial charge in [-0.3, -0.25) is 4.90 Å². The molecule has 2 aromatic carbocycles. The SMILES string of the molecule is CCc1ccc(CC(C)c2[nH]c3cc(I)ccc3c2C(=O)O)cc1N1CCC(N2CCOCC2)CC1. The number of hydrogen-bond acceptors (Lipinski definition) is 4. The van der Waals surface area contributed by atoms with Crippen molar-refractivity contribution in [2.45, 2.75) is 51.5 Å². The number of fused-ring (bicyclic) bond motifs is 1. The molecule has 0 aliphatic carbocycles. The summed E-state index contributed by atoms with van der Waals surface area (Å²) in [7, 11) is 0. The van der Waals surface area contributed by atoms with Crippen molar-refractivity contribution in [1.82, 2.24) is 9.88 Å². The molecular formula is C29H36IN3O3. The number of carboxylic acids is 1. The van der Waals surface area contributed by atoms with Crippen LogP contribution in [0.2, 0.25) is 0 Å². The number of anilines is 1. The van der Waals surface area contributed by atoms with Crippen molar-refractivity contribution in [3.05, 3.63) is 62.4 Å². The molecule has 0 radical (unpaired) electrons. The van der Waals surface area contributed by atoms with Gasteiger partial charge in [0.2, 0.25) is 0 Å². The first-order valence-electron chi connectivity index (χ1n) is 13.2. The zero-order valence-corrected chi connectivity index (χ0v) is 23.4. The van der Waals surface area contributed by atoms with Gasteiger partial charge in [0.15, 0.2) is 0 Å². The molecule has 2 saturated heterocycles. The Labute approximate surface area is 227 Å². The zero-order valence-electron chi connectivity index (χ0n) is 21.2. The molecule has 0 bridgehead atoms. The lowest BCUT2D eigenvalue weighted by Crippen LogP contribution is -2.49. The third-order valence-corrected chi connectivity index (χ3v) is 8.61. The lowest BCUT2D eigenvalue weighted by Gasteiger charge is -2.41. The van der Waals surface area contributed by atoms with Gasteiger partial charge in [-0.05, 0) is 77.6 Å². The molecule has 5 rings (SSSR count). The Morgan fingerprint density at radius 1 is 1.14 bits per heavy atom. The lowest BCUT2D eigenvalue weighted by molar-refractivity contribution is 0.0115. The van der Waals surface area contributed by atoms with E-state index >= 15 is 0 Å². The highest BCUT2D eigenvalue weighted by atomic mass is 127. The van der Waals surface area contributed by atoms with Crippen LogP contribution in [0.5, 0.6) is 0 Å². The van der Waals surface area contributed by atoms with Crippen molar-refractivity contribution < 1.29 is 14.6 Å². The van der Waals surface area contributed by atoms with E-state index in [1.807, 2.05) is 18.2 Å². The number of nitrogens with one attached hydrogen (secondary N) is 1. The highest BCUT2D eigenvalue weighted by molar-refractivity contribution is 14.1. The number of aromatic nitrogens is 1. The molecule has 6 nitrogen and oxygen atoms in total. The number of nitrogens with zero attached hydrogens (tertiary/aromatic N) is 2. The summed E-state index contributed by atoms with van der Waals surface area (Å²) in [5.41, 5.74) is 6.12. The maximum Gasteiger partial charge on any atom is 0.338 e. The second-order valence-electron chi connectivity index (χ2n) is 10.2. The largest absolute Gasteiger partial charge is 0.478 e. The van der Waals surface area contributed by atoms with Gasteiger partial charge in [0, 0.05) is 64.0 Å². The lowest BCUT2D eigenvalue weighted by atomic mass is 9.93. The quantitative estimate of drug-likeness (QED) is 0.341. The van der Waals surface area contributed by atoms with Crippen LogP contribution >= 0.6 is 22.6 Å². The summed E-state index contributed by atoms with van der Waals surface area (Å²) in [5, 5.41) is 10.8. The zero-order chi connectivity index (χ0) is 25.2. The van der Waals surface area contributed by atoms with Crippen molar-refractivity contribution in [2.75, 3.05) is 44.3 Å². The van der Waals surface area contributed by atoms with Gasteiger partial charge in [0.25, 0.3) is 0 Å². The number of hydrogen-bond donors (Lipinski definition) is 2. The van der Waals surface area contributed by atoms with Crippen LogP contribution < -0.4 is 4.90 Å². The molecule has 0 amide bonds. The van der Waals surface area contributed by atoms with Gasteiger partial charge in [-0.1, -0.05) is 32.0 Å². The Morgan fingerprint density at radius 2 is 1.89 bits per heavy atom. The Hall–Kier alpha value is -2.10. The molecule has 2 aliphatic heterocycles. The van der Waals surface area contributed by atoms with E-state index in [-0.39, 0.29) is 5.92 Å². The minimum absolute atomic E-state index is 0.0635. The summed E-state index contributed by atoms with van der Waals surface area (Å²) in [6.07, 6.45) is 4.20. The maximum absolute atomic E-state index is 12.2. The maximum atomic E-state index is 12.2. The molecule has 0 saturated carbocycles. The predicted molar refractivity (Wildman–Crippen MR) is 154 cm³/mol. The number of carboxylic acid groups (broad SMARTS) is 1. The minimum Gasteiger partial charge on any atom is -0.478 e. The van der Waals surface area contributed by atoms with Gasteiger partial charge in [-0.2, -0.15) is 0 Å². The van der Waals surface area contributed by atoms with E-state index in [0.717, 1.165) is 72.4 Å². The standard InChI is InChI=1S/C29H36IN3O3/c1-3-21-5-4-20(17-26(21)33-10-8-23(9-11-33)32-12-14-36-15-13-32)16-19(2)28-27(29(34)35)24-7-6-22(30)18-25(24)31-28/h4-7,17-19,23,31H,3,8-16H2,1-2H3,(H,34,35). The Bertz CT molecular complexity index is 1230. The van der Waals surface area contributed by atoms with E-state index < -0.39 is 5.97 Å². The first kappa shape index (κ1) is 25.5. The predicted octanol–water partition coefficient (Wildman–Crippen LogP) is 5.68. The average Bonchev–Trinajstić information content (AvgIpc) is 3.28. The van der Waals surface area contributed by atoms with Gasteiger partial charge in [-0.25, -0.2) is 4.79 Å². The summed E-state index contributed by atoms with van der Waals surface area (Å²) in [5.74, 6) is -0.803. The summed E-state index contributed by atoms with van der Waals surface area (Å²) in [6, 6.07) is 13.4. The van der Waals surface area contributed by atoms with Crippen molar-refractivity contribution in [1.29, 1.82) is 0 Å². The molecule has 192 valence electrons.